The monoisotopic (exact) mass is 640 g/mol. The fourth-order valence-electron chi connectivity index (χ4n) is 5.41. The normalized spacial score (nSPS) is 10.7. The molecular formula is C41H40N2O5. The number of unbranched alkanes of at least 4 members (excludes halogenated alkanes) is 2. The summed E-state index contributed by atoms with van der Waals surface area (Å²) in [6.45, 7) is 2.89. The van der Waals surface area contributed by atoms with Crippen molar-refractivity contribution in [1.29, 1.82) is 0 Å². The zero-order valence-corrected chi connectivity index (χ0v) is 27.1. The first kappa shape index (κ1) is 33.7. The third-order valence-electron chi connectivity index (χ3n) is 8.07. The molecule has 0 unspecified atom stereocenters. The van der Waals surface area contributed by atoms with Crippen LogP contribution in [0.2, 0.25) is 0 Å². The molecular weight excluding hydrogens is 600 g/mol. The smallest absolute Gasteiger partial charge is 0.394 e. The first-order chi connectivity index (χ1) is 23.4. The van der Waals surface area contributed by atoms with Gasteiger partial charge < -0.3 is 20.1 Å². The molecule has 5 aromatic carbocycles. The van der Waals surface area contributed by atoms with E-state index in [0.717, 1.165) is 34.2 Å². The number of rotatable bonds is 14. The molecule has 2 amide bonds. The van der Waals surface area contributed by atoms with Crippen molar-refractivity contribution in [2.45, 2.75) is 52.2 Å². The van der Waals surface area contributed by atoms with Crippen molar-refractivity contribution in [3.63, 3.8) is 0 Å². The van der Waals surface area contributed by atoms with Crippen LogP contribution in [0.1, 0.15) is 58.8 Å². The molecule has 0 aliphatic heterocycles. The lowest BCUT2D eigenvalue weighted by molar-refractivity contribution is -0.156. The molecule has 0 saturated heterocycles. The molecule has 0 aliphatic rings. The number of ether oxygens (including phenoxy) is 1. The Hall–Kier alpha value is -5.69. The summed E-state index contributed by atoms with van der Waals surface area (Å²) in [6.07, 6.45) is 4.72. The zero-order valence-electron chi connectivity index (χ0n) is 27.1. The Morgan fingerprint density at radius 3 is 1.92 bits per heavy atom. The first-order valence-corrected chi connectivity index (χ1v) is 16.3. The SMILES string of the molecule is CCCCCc1ccc(CNC(=O)c2ccc(-c3ccc(CN(Cc4cccc(Oc5ccccc5)c4)C(=O)C(=O)O)cc3)cc2)cc1. The second kappa shape index (κ2) is 16.7. The van der Waals surface area contributed by atoms with Gasteiger partial charge in [-0.15, -0.1) is 0 Å². The number of nitrogens with zero attached hydrogens (tertiary/aromatic N) is 1. The lowest BCUT2D eigenvalue weighted by Crippen LogP contribution is -2.35. The Morgan fingerprint density at radius 2 is 1.25 bits per heavy atom. The van der Waals surface area contributed by atoms with Gasteiger partial charge in [0.2, 0.25) is 0 Å². The third kappa shape index (κ3) is 9.66. The summed E-state index contributed by atoms with van der Waals surface area (Å²) >= 11 is 0. The maximum Gasteiger partial charge on any atom is 0.394 e. The van der Waals surface area contributed by atoms with E-state index in [1.165, 1.54) is 29.7 Å². The van der Waals surface area contributed by atoms with Gasteiger partial charge in [0.1, 0.15) is 11.5 Å². The summed E-state index contributed by atoms with van der Waals surface area (Å²) in [7, 11) is 0. The quantitative estimate of drug-likeness (QED) is 0.0939. The van der Waals surface area contributed by atoms with E-state index in [1.807, 2.05) is 84.9 Å². The number of amides is 2. The first-order valence-electron chi connectivity index (χ1n) is 16.3. The minimum atomic E-state index is -1.51. The number of carbonyl (C=O) groups is 3. The van der Waals surface area contributed by atoms with Gasteiger partial charge in [0.05, 0.1) is 0 Å². The highest BCUT2D eigenvalue weighted by atomic mass is 16.5. The summed E-state index contributed by atoms with van der Waals surface area (Å²) < 4.78 is 5.91. The van der Waals surface area contributed by atoms with Crippen LogP contribution < -0.4 is 10.1 Å². The van der Waals surface area contributed by atoms with Crippen LogP contribution in [0, 0.1) is 0 Å². The Bertz CT molecular complexity index is 1800. The van der Waals surface area contributed by atoms with Crippen molar-refractivity contribution in [2.24, 2.45) is 0 Å². The second-order valence-electron chi connectivity index (χ2n) is 11.8. The van der Waals surface area contributed by atoms with Crippen LogP contribution in [-0.2, 0) is 35.6 Å². The number of para-hydroxylation sites is 1. The minimum Gasteiger partial charge on any atom is -0.474 e. The van der Waals surface area contributed by atoms with Crippen molar-refractivity contribution in [3.8, 4) is 22.6 Å². The fraction of sp³-hybridized carbons (Fsp3) is 0.195. The lowest BCUT2D eigenvalue weighted by Gasteiger charge is -2.21. The molecule has 0 aliphatic carbocycles. The molecule has 0 bridgehead atoms. The number of aryl methyl sites for hydroxylation is 1. The number of carboxylic acids is 1. The van der Waals surface area contributed by atoms with Gasteiger partial charge in [-0.1, -0.05) is 111 Å². The van der Waals surface area contributed by atoms with Gasteiger partial charge in [0.25, 0.3) is 5.91 Å². The number of aliphatic carboxylic acids is 1. The molecule has 5 aromatic rings. The number of hydrogen-bond donors (Lipinski definition) is 2. The molecule has 7 heteroatoms. The molecule has 48 heavy (non-hydrogen) atoms. The van der Waals surface area contributed by atoms with Crippen LogP contribution >= 0.6 is 0 Å². The molecule has 0 aromatic heterocycles. The standard InChI is InChI=1S/C41H40N2O5/c1-2-3-5-9-30-14-16-31(17-15-30)27-42-39(44)36-24-22-35(23-25-36)34-20-18-32(19-21-34)28-43(40(45)41(46)47)29-33-10-8-13-38(26-33)48-37-11-6-4-7-12-37/h4,6-8,10-26H,2-3,5,9,27-29H2,1H3,(H,42,44)(H,46,47). The largest absolute Gasteiger partial charge is 0.474 e. The highest BCUT2D eigenvalue weighted by molar-refractivity contribution is 6.31. The molecule has 2 N–H and O–H groups in total. The molecule has 0 spiro atoms. The average Bonchev–Trinajstić information content (AvgIpc) is 3.11. The van der Waals surface area contributed by atoms with Crippen LogP contribution in [0.3, 0.4) is 0 Å². The van der Waals surface area contributed by atoms with Gasteiger partial charge in [0.15, 0.2) is 0 Å². The van der Waals surface area contributed by atoms with Crippen LogP contribution in [0.4, 0.5) is 0 Å². The number of carbonyl (C=O) groups excluding carboxylic acids is 2. The maximum atomic E-state index is 12.8. The average molecular weight is 641 g/mol. The zero-order chi connectivity index (χ0) is 33.7. The van der Waals surface area contributed by atoms with E-state index in [4.69, 9.17) is 4.74 Å². The van der Waals surface area contributed by atoms with Gasteiger partial charge in [-0.2, -0.15) is 0 Å². The van der Waals surface area contributed by atoms with Crippen LogP contribution in [0.5, 0.6) is 11.5 Å². The Labute approximate surface area is 281 Å². The lowest BCUT2D eigenvalue weighted by atomic mass is 10.0. The molecule has 0 saturated carbocycles. The van der Waals surface area contributed by atoms with Gasteiger partial charge in [-0.25, -0.2) is 4.79 Å². The second-order valence-corrected chi connectivity index (χ2v) is 11.8. The number of hydrogen-bond acceptors (Lipinski definition) is 4. The van der Waals surface area contributed by atoms with E-state index in [2.05, 4.69) is 36.5 Å². The topological polar surface area (TPSA) is 95.9 Å². The van der Waals surface area contributed by atoms with E-state index in [9.17, 15) is 19.5 Å². The van der Waals surface area contributed by atoms with Crippen LogP contribution in [0.25, 0.3) is 11.1 Å². The van der Waals surface area contributed by atoms with Crippen molar-refractivity contribution >= 4 is 17.8 Å². The van der Waals surface area contributed by atoms with E-state index in [-0.39, 0.29) is 19.0 Å². The highest BCUT2D eigenvalue weighted by Crippen LogP contribution is 2.24. The Kier molecular flexibility index (Phi) is 11.7. The van der Waals surface area contributed by atoms with Gasteiger partial charge >= 0.3 is 11.9 Å². The summed E-state index contributed by atoms with van der Waals surface area (Å²) in [4.78, 5) is 38.4. The van der Waals surface area contributed by atoms with Gasteiger partial charge in [-0.3, -0.25) is 9.59 Å². The number of benzene rings is 5. The molecule has 0 radical (unpaired) electrons. The summed E-state index contributed by atoms with van der Waals surface area (Å²) in [5.74, 6) is -1.35. The van der Waals surface area contributed by atoms with E-state index in [0.29, 0.717) is 23.6 Å². The van der Waals surface area contributed by atoms with Crippen molar-refractivity contribution in [2.75, 3.05) is 0 Å². The Balaban J connectivity index is 1.18. The maximum absolute atomic E-state index is 12.8. The van der Waals surface area contributed by atoms with Crippen molar-refractivity contribution in [3.05, 3.63) is 155 Å². The van der Waals surface area contributed by atoms with Crippen molar-refractivity contribution < 1.29 is 24.2 Å². The van der Waals surface area contributed by atoms with E-state index < -0.39 is 11.9 Å². The molecule has 244 valence electrons. The highest BCUT2D eigenvalue weighted by Gasteiger charge is 2.22. The van der Waals surface area contributed by atoms with Gasteiger partial charge in [-0.05, 0) is 82.6 Å². The van der Waals surface area contributed by atoms with Gasteiger partial charge in [0, 0.05) is 25.2 Å². The predicted molar refractivity (Wildman–Crippen MR) is 188 cm³/mol. The van der Waals surface area contributed by atoms with Crippen LogP contribution in [0.15, 0.2) is 127 Å². The van der Waals surface area contributed by atoms with Crippen molar-refractivity contribution in [1.82, 2.24) is 10.2 Å². The number of nitrogens with one attached hydrogen (secondary N) is 1. The van der Waals surface area contributed by atoms with E-state index >= 15 is 0 Å². The third-order valence-corrected chi connectivity index (χ3v) is 8.07. The van der Waals surface area contributed by atoms with Crippen LogP contribution in [-0.4, -0.2) is 27.8 Å². The summed E-state index contributed by atoms with van der Waals surface area (Å²) in [5.41, 5.74) is 6.37. The molecule has 0 fully saturated rings. The fourth-order valence-corrected chi connectivity index (χ4v) is 5.41. The predicted octanol–water partition coefficient (Wildman–Crippen LogP) is 8.42. The minimum absolute atomic E-state index is 0.104. The Morgan fingerprint density at radius 1 is 0.646 bits per heavy atom. The number of carboxylic acid groups (broad SMARTS) is 1. The summed E-state index contributed by atoms with van der Waals surface area (Å²) in [6, 6.07) is 40.0. The molecule has 5 rings (SSSR count). The summed E-state index contributed by atoms with van der Waals surface area (Å²) in [5, 5.41) is 12.5. The van der Waals surface area contributed by atoms with E-state index in [1.54, 1.807) is 18.2 Å². The molecule has 0 atom stereocenters. The molecule has 0 heterocycles. The molecule has 7 nitrogen and oxygen atoms in total.